The van der Waals surface area contributed by atoms with Crippen molar-refractivity contribution in [1.29, 1.82) is 0 Å². The highest BCUT2D eigenvalue weighted by molar-refractivity contribution is 5.60. The van der Waals surface area contributed by atoms with E-state index in [0.717, 1.165) is 16.8 Å². The Morgan fingerprint density at radius 2 is 2.07 bits per heavy atom. The lowest BCUT2D eigenvalue weighted by molar-refractivity contribution is 1.07. The van der Waals surface area contributed by atoms with E-state index in [2.05, 4.69) is 9.97 Å². The third-order valence-electron chi connectivity index (χ3n) is 2.13. The zero-order chi connectivity index (χ0) is 10.7. The van der Waals surface area contributed by atoms with Gasteiger partial charge in [0.1, 0.15) is 0 Å². The third-order valence-corrected chi connectivity index (χ3v) is 2.13. The molecule has 0 fully saturated rings. The quantitative estimate of drug-likeness (QED) is 0.763. The molecule has 1 aromatic heterocycles. The van der Waals surface area contributed by atoms with Gasteiger partial charge in [-0.1, -0.05) is 18.2 Å². The Bertz CT molecular complexity index is 468. The molecule has 4 N–H and O–H groups in total. The molecule has 0 atom stereocenters. The lowest BCUT2D eigenvalue weighted by Crippen LogP contribution is -1.98. The SMILES string of the molecule is NCc1cccc(-c2ccnc(N)n2)c1. The smallest absolute Gasteiger partial charge is 0.220 e. The number of nitrogen functional groups attached to an aromatic ring is 1. The van der Waals surface area contributed by atoms with Gasteiger partial charge in [-0.2, -0.15) is 0 Å². The van der Waals surface area contributed by atoms with Crippen molar-refractivity contribution in [3.05, 3.63) is 42.1 Å². The molecule has 0 amide bonds. The van der Waals surface area contributed by atoms with Crippen LogP contribution in [0, 0.1) is 0 Å². The van der Waals surface area contributed by atoms with E-state index in [-0.39, 0.29) is 5.95 Å². The van der Waals surface area contributed by atoms with Crippen LogP contribution in [-0.4, -0.2) is 9.97 Å². The summed E-state index contributed by atoms with van der Waals surface area (Å²) in [5, 5.41) is 0. The van der Waals surface area contributed by atoms with Gasteiger partial charge in [0.25, 0.3) is 0 Å². The number of rotatable bonds is 2. The molecule has 0 aliphatic carbocycles. The maximum Gasteiger partial charge on any atom is 0.220 e. The van der Waals surface area contributed by atoms with Crippen LogP contribution in [-0.2, 0) is 6.54 Å². The van der Waals surface area contributed by atoms with Gasteiger partial charge in [-0.15, -0.1) is 0 Å². The second-order valence-electron chi connectivity index (χ2n) is 3.20. The molecule has 76 valence electrons. The maximum atomic E-state index is 5.57. The second kappa shape index (κ2) is 4.06. The van der Waals surface area contributed by atoms with E-state index >= 15 is 0 Å². The third kappa shape index (κ3) is 2.11. The average Bonchev–Trinajstić information content (AvgIpc) is 2.29. The van der Waals surface area contributed by atoms with Gasteiger partial charge in [-0.3, -0.25) is 0 Å². The maximum absolute atomic E-state index is 5.57. The van der Waals surface area contributed by atoms with Crippen molar-refractivity contribution in [2.75, 3.05) is 5.73 Å². The molecule has 0 radical (unpaired) electrons. The van der Waals surface area contributed by atoms with Crippen molar-refractivity contribution < 1.29 is 0 Å². The summed E-state index contributed by atoms with van der Waals surface area (Å²) in [5.74, 6) is 0.283. The summed E-state index contributed by atoms with van der Waals surface area (Å²) in [5.41, 5.74) is 14.0. The Balaban J connectivity index is 2.44. The standard InChI is InChI=1S/C11H12N4/c12-7-8-2-1-3-9(6-8)10-4-5-14-11(13)15-10/h1-6H,7,12H2,(H2,13,14,15). The molecule has 1 heterocycles. The molecule has 0 bridgehead atoms. The minimum absolute atomic E-state index is 0.283. The van der Waals surface area contributed by atoms with E-state index in [1.54, 1.807) is 6.20 Å². The van der Waals surface area contributed by atoms with E-state index in [1.165, 1.54) is 0 Å². The second-order valence-corrected chi connectivity index (χ2v) is 3.20. The van der Waals surface area contributed by atoms with E-state index in [4.69, 9.17) is 11.5 Å². The minimum Gasteiger partial charge on any atom is -0.368 e. The van der Waals surface area contributed by atoms with Crippen LogP contribution in [0.1, 0.15) is 5.56 Å². The molecule has 0 spiro atoms. The van der Waals surface area contributed by atoms with Gasteiger partial charge in [0, 0.05) is 18.3 Å². The molecule has 0 aliphatic rings. The van der Waals surface area contributed by atoms with Crippen molar-refractivity contribution in [2.45, 2.75) is 6.54 Å². The highest BCUT2D eigenvalue weighted by atomic mass is 15.0. The predicted molar refractivity (Wildman–Crippen MR) is 59.8 cm³/mol. The number of benzene rings is 1. The Labute approximate surface area is 88.0 Å². The van der Waals surface area contributed by atoms with Crippen LogP contribution in [0.25, 0.3) is 11.3 Å². The van der Waals surface area contributed by atoms with Crippen LogP contribution in [0.4, 0.5) is 5.95 Å². The van der Waals surface area contributed by atoms with Gasteiger partial charge >= 0.3 is 0 Å². The first-order chi connectivity index (χ1) is 7.29. The number of hydrogen-bond donors (Lipinski definition) is 2. The lowest BCUT2D eigenvalue weighted by atomic mass is 10.1. The first-order valence-electron chi connectivity index (χ1n) is 4.67. The molecule has 0 saturated heterocycles. The first kappa shape index (κ1) is 9.61. The van der Waals surface area contributed by atoms with Crippen LogP contribution in [0.2, 0.25) is 0 Å². The van der Waals surface area contributed by atoms with Gasteiger partial charge in [-0.05, 0) is 17.7 Å². The molecular formula is C11H12N4. The number of nitrogens with two attached hydrogens (primary N) is 2. The van der Waals surface area contributed by atoms with E-state index in [0.29, 0.717) is 6.54 Å². The molecule has 4 heteroatoms. The van der Waals surface area contributed by atoms with Crippen LogP contribution in [0.15, 0.2) is 36.5 Å². The van der Waals surface area contributed by atoms with Crippen LogP contribution >= 0.6 is 0 Å². The summed E-state index contributed by atoms with van der Waals surface area (Å²) < 4.78 is 0. The molecule has 0 saturated carbocycles. The molecular weight excluding hydrogens is 188 g/mol. The van der Waals surface area contributed by atoms with E-state index < -0.39 is 0 Å². The summed E-state index contributed by atoms with van der Waals surface area (Å²) >= 11 is 0. The topological polar surface area (TPSA) is 77.8 Å². The molecule has 1 aromatic carbocycles. The summed E-state index contributed by atoms with van der Waals surface area (Å²) in [6, 6.07) is 9.73. The lowest BCUT2D eigenvalue weighted by Gasteiger charge is -2.03. The number of nitrogens with zero attached hydrogens (tertiary/aromatic N) is 2. The molecule has 15 heavy (non-hydrogen) atoms. The normalized spacial score (nSPS) is 10.2. The van der Waals surface area contributed by atoms with Gasteiger partial charge in [0.2, 0.25) is 5.95 Å². The highest BCUT2D eigenvalue weighted by Crippen LogP contribution is 2.17. The Morgan fingerprint density at radius 3 is 2.80 bits per heavy atom. The van der Waals surface area contributed by atoms with Gasteiger partial charge in [0.05, 0.1) is 5.69 Å². The fourth-order valence-corrected chi connectivity index (χ4v) is 1.39. The monoisotopic (exact) mass is 200 g/mol. The fraction of sp³-hybridized carbons (Fsp3) is 0.0909. The Morgan fingerprint density at radius 1 is 1.20 bits per heavy atom. The molecule has 0 aliphatic heterocycles. The van der Waals surface area contributed by atoms with Gasteiger partial charge < -0.3 is 11.5 Å². The Hall–Kier alpha value is -1.94. The van der Waals surface area contributed by atoms with Crippen LogP contribution < -0.4 is 11.5 Å². The van der Waals surface area contributed by atoms with Gasteiger partial charge in [0.15, 0.2) is 0 Å². The summed E-state index contributed by atoms with van der Waals surface area (Å²) in [4.78, 5) is 7.99. The van der Waals surface area contributed by atoms with Crippen LogP contribution in [0.5, 0.6) is 0 Å². The van der Waals surface area contributed by atoms with Gasteiger partial charge in [-0.25, -0.2) is 9.97 Å². The largest absolute Gasteiger partial charge is 0.368 e. The van der Waals surface area contributed by atoms with Crippen molar-refractivity contribution in [3.8, 4) is 11.3 Å². The van der Waals surface area contributed by atoms with Crippen molar-refractivity contribution in [1.82, 2.24) is 9.97 Å². The minimum atomic E-state index is 0.283. The van der Waals surface area contributed by atoms with Crippen molar-refractivity contribution in [3.63, 3.8) is 0 Å². The molecule has 0 unspecified atom stereocenters. The van der Waals surface area contributed by atoms with Crippen molar-refractivity contribution >= 4 is 5.95 Å². The summed E-state index contributed by atoms with van der Waals surface area (Å²) in [6.45, 7) is 0.522. The number of hydrogen-bond acceptors (Lipinski definition) is 4. The zero-order valence-electron chi connectivity index (χ0n) is 8.22. The number of aromatic nitrogens is 2. The zero-order valence-corrected chi connectivity index (χ0v) is 8.22. The van der Waals surface area contributed by atoms with Crippen LogP contribution in [0.3, 0.4) is 0 Å². The molecule has 2 rings (SSSR count). The van der Waals surface area contributed by atoms with Crippen molar-refractivity contribution in [2.24, 2.45) is 5.73 Å². The molecule has 4 nitrogen and oxygen atoms in total. The average molecular weight is 200 g/mol. The van der Waals surface area contributed by atoms with E-state index in [9.17, 15) is 0 Å². The fourth-order valence-electron chi connectivity index (χ4n) is 1.39. The first-order valence-corrected chi connectivity index (χ1v) is 4.67. The highest BCUT2D eigenvalue weighted by Gasteiger charge is 2.00. The summed E-state index contributed by atoms with van der Waals surface area (Å²) in [6.07, 6.45) is 1.65. The molecule has 2 aromatic rings. The predicted octanol–water partition coefficient (Wildman–Crippen LogP) is 1.18. The Kier molecular flexibility index (Phi) is 2.60. The number of anilines is 1. The van der Waals surface area contributed by atoms with E-state index in [1.807, 2.05) is 30.3 Å². The summed E-state index contributed by atoms with van der Waals surface area (Å²) in [7, 11) is 0.